The monoisotopic (exact) mass is 570 g/mol. The molecule has 1 fully saturated rings. The second kappa shape index (κ2) is 10.9. The third-order valence-electron chi connectivity index (χ3n) is 6.19. The van der Waals surface area contributed by atoms with E-state index in [-0.39, 0.29) is 29.3 Å². The lowest BCUT2D eigenvalue weighted by molar-refractivity contribution is -0.274. The molecule has 0 bridgehead atoms. The highest BCUT2D eigenvalue weighted by atomic mass is 35.5. The van der Waals surface area contributed by atoms with Gasteiger partial charge in [0.1, 0.15) is 11.5 Å². The summed E-state index contributed by atoms with van der Waals surface area (Å²) in [6.07, 6.45) is -3.04. The molecule has 1 heterocycles. The second-order valence-electron chi connectivity index (χ2n) is 9.15. The van der Waals surface area contributed by atoms with E-state index < -0.39 is 24.1 Å². The molecule has 4 aromatic rings. The fourth-order valence-corrected chi connectivity index (χ4v) is 4.28. The van der Waals surface area contributed by atoms with E-state index in [1.165, 1.54) is 35.0 Å². The van der Waals surface area contributed by atoms with Gasteiger partial charge in [-0.05, 0) is 73.0 Å². The summed E-state index contributed by atoms with van der Waals surface area (Å²) in [6.45, 7) is 0.202. The van der Waals surface area contributed by atoms with Crippen LogP contribution >= 0.6 is 11.6 Å². The Labute approximate surface area is 231 Å². The highest BCUT2D eigenvalue weighted by molar-refractivity contribution is 6.31. The number of phenols is 1. The molecule has 0 saturated heterocycles. The number of benzene rings is 3. The van der Waals surface area contributed by atoms with Crippen LogP contribution in [0, 0.1) is 0 Å². The average Bonchev–Trinajstić information content (AvgIpc) is 3.66. The summed E-state index contributed by atoms with van der Waals surface area (Å²) >= 11 is 6.19. The van der Waals surface area contributed by atoms with Gasteiger partial charge in [0, 0.05) is 34.3 Å². The third-order valence-corrected chi connectivity index (χ3v) is 6.56. The fourth-order valence-electron chi connectivity index (χ4n) is 4.08. The molecule has 3 aromatic carbocycles. The zero-order valence-corrected chi connectivity index (χ0v) is 21.5. The zero-order chi connectivity index (χ0) is 28.4. The van der Waals surface area contributed by atoms with Gasteiger partial charge < -0.3 is 20.5 Å². The van der Waals surface area contributed by atoms with Crippen molar-refractivity contribution in [2.24, 2.45) is 0 Å². The van der Waals surface area contributed by atoms with Crippen LogP contribution < -0.4 is 15.4 Å². The smallest absolute Gasteiger partial charge is 0.507 e. The van der Waals surface area contributed by atoms with Gasteiger partial charge >= 0.3 is 12.4 Å². The van der Waals surface area contributed by atoms with Crippen molar-refractivity contribution in [3.8, 4) is 22.8 Å². The normalized spacial score (nSPS) is 13.1. The average molecular weight is 571 g/mol. The quantitative estimate of drug-likeness (QED) is 0.215. The van der Waals surface area contributed by atoms with E-state index in [0.29, 0.717) is 22.1 Å². The number of aromatic nitrogens is 2. The number of ether oxygens (including phenoxy) is 1. The molecule has 0 unspecified atom stereocenters. The first-order valence-electron chi connectivity index (χ1n) is 12.2. The van der Waals surface area contributed by atoms with Crippen LogP contribution in [0.3, 0.4) is 0 Å². The molecule has 0 aliphatic heterocycles. The number of aromatic hydroxyl groups is 1. The van der Waals surface area contributed by atoms with Gasteiger partial charge in [-0.1, -0.05) is 29.8 Å². The highest BCUT2D eigenvalue weighted by Crippen LogP contribution is 2.42. The molecular formula is C28H22ClF3N4O4. The molecule has 5 rings (SSSR count). The van der Waals surface area contributed by atoms with E-state index in [1.807, 2.05) is 6.07 Å². The van der Waals surface area contributed by atoms with Crippen molar-refractivity contribution in [3.05, 3.63) is 94.6 Å². The lowest BCUT2D eigenvalue weighted by atomic mass is 10.1. The molecule has 1 aliphatic carbocycles. The summed E-state index contributed by atoms with van der Waals surface area (Å²) in [5.41, 5.74) is 2.46. The molecule has 1 aromatic heterocycles. The number of halogens is 4. The first kappa shape index (κ1) is 27.1. The van der Waals surface area contributed by atoms with Crippen molar-refractivity contribution >= 4 is 29.2 Å². The Hall–Kier alpha value is -4.51. The molecule has 1 aliphatic rings. The number of anilines is 1. The van der Waals surface area contributed by atoms with Crippen molar-refractivity contribution in [2.75, 3.05) is 5.32 Å². The van der Waals surface area contributed by atoms with E-state index in [4.69, 9.17) is 11.6 Å². The largest absolute Gasteiger partial charge is 0.573 e. The molecule has 40 heavy (non-hydrogen) atoms. The summed E-state index contributed by atoms with van der Waals surface area (Å²) in [4.78, 5) is 25.7. The van der Waals surface area contributed by atoms with Gasteiger partial charge in [-0.15, -0.1) is 13.2 Å². The van der Waals surface area contributed by atoms with Gasteiger partial charge in [0.25, 0.3) is 5.91 Å². The molecule has 0 radical (unpaired) electrons. The molecule has 206 valence electrons. The maximum atomic E-state index is 13.0. The number of nitrogens with zero attached hydrogens (tertiary/aromatic N) is 2. The van der Waals surface area contributed by atoms with Crippen LogP contribution in [0.1, 0.15) is 40.4 Å². The summed E-state index contributed by atoms with van der Waals surface area (Å²) in [5, 5.41) is 21.0. The standard InChI is InChI=1S/C28H22ClF3N4O4/c29-22-4-2-1-3-18(22)15-33-27(39)36-24(16-5-6-16)14-23(35-36)21-13-19(9-12-25(21)37)34-26(38)17-7-10-20(11-8-17)40-28(30,31)32/h1-4,7-14,16,37H,5-6,15H2,(H,33,39)(H,34,38). The third kappa shape index (κ3) is 6.37. The van der Waals surface area contributed by atoms with Gasteiger partial charge in [0.2, 0.25) is 0 Å². The van der Waals surface area contributed by atoms with Gasteiger partial charge in [-0.2, -0.15) is 9.78 Å². The SMILES string of the molecule is O=C(Nc1ccc(O)c(-c2cc(C3CC3)n(C(=O)NCc3ccccc3Cl)n2)c1)c1ccc(OC(F)(F)F)cc1. The maximum absolute atomic E-state index is 13.0. The van der Waals surface area contributed by atoms with Crippen molar-refractivity contribution in [1.29, 1.82) is 0 Å². The molecule has 12 heteroatoms. The predicted octanol–water partition coefficient (Wildman–Crippen LogP) is 6.70. The van der Waals surface area contributed by atoms with Crippen molar-refractivity contribution in [1.82, 2.24) is 15.1 Å². The van der Waals surface area contributed by atoms with Crippen molar-refractivity contribution in [2.45, 2.75) is 31.7 Å². The Morgan fingerprint density at radius 3 is 2.45 bits per heavy atom. The first-order valence-corrected chi connectivity index (χ1v) is 12.6. The summed E-state index contributed by atoms with van der Waals surface area (Å²) in [7, 11) is 0. The molecule has 0 atom stereocenters. The van der Waals surface area contributed by atoms with E-state index in [2.05, 4.69) is 20.5 Å². The van der Waals surface area contributed by atoms with Crippen molar-refractivity contribution < 1.29 is 32.6 Å². The minimum absolute atomic E-state index is 0.0969. The van der Waals surface area contributed by atoms with Gasteiger partial charge in [-0.25, -0.2) is 4.79 Å². The number of hydrogen-bond acceptors (Lipinski definition) is 5. The van der Waals surface area contributed by atoms with Gasteiger partial charge in [0.15, 0.2) is 0 Å². The minimum Gasteiger partial charge on any atom is -0.507 e. The molecule has 0 spiro atoms. The van der Waals surface area contributed by atoms with E-state index in [1.54, 1.807) is 24.3 Å². The highest BCUT2D eigenvalue weighted by Gasteiger charge is 2.32. The summed E-state index contributed by atoms with van der Waals surface area (Å²) in [5.74, 6) is -0.996. The lowest BCUT2D eigenvalue weighted by Gasteiger charge is -2.10. The van der Waals surface area contributed by atoms with E-state index in [0.717, 1.165) is 30.5 Å². The molecular weight excluding hydrogens is 549 g/mol. The Morgan fingerprint density at radius 2 is 1.77 bits per heavy atom. The van der Waals surface area contributed by atoms with Crippen LogP contribution in [0.5, 0.6) is 11.5 Å². The number of amides is 2. The van der Waals surface area contributed by atoms with Crippen LogP contribution in [0.2, 0.25) is 5.02 Å². The molecule has 3 N–H and O–H groups in total. The van der Waals surface area contributed by atoms with Gasteiger partial charge in [-0.3, -0.25) is 4.79 Å². The second-order valence-corrected chi connectivity index (χ2v) is 9.56. The van der Waals surface area contributed by atoms with Crippen LogP contribution in [0.4, 0.5) is 23.7 Å². The predicted molar refractivity (Wildman–Crippen MR) is 141 cm³/mol. The number of carbonyl (C=O) groups is 2. The molecule has 1 saturated carbocycles. The van der Waals surface area contributed by atoms with E-state index in [9.17, 15) is 27.9 Å². The number of carbonyl (C=O) groups excluding carboxylic acids is 2. The summed E-state index contributed by atoms with van der Waals surface area (Å²) < 4.78 is 42.3. The van der Waals surface area contributed by atoms with Gasteiger partial charge in [0.05, 0.1) is 11.4 Å². The Bertz CT molecular complexity index is 1570. The van der Waals surface area contributed by atoms with Crippen LogP contribution in [-0.4, -0.2) is 33.2 Å². The van der Waals surface area contributed by atoms with Crippen LogP contribution in [-0.2, 0) is 6.54 Å². The lowest BCUT2D eigenvalue weighted by Crippen LogP contribution is -2.30. The zero-order valence-electron chi connectivity index (χ0n) is 20.7. The minimum atomic E-state index is -4.84. The maximum Gasteiger partial charge on any atom is 0.573 e. The summed E-state index contributed by atoms with van der Waals surface area (Å²) in [6, 6.07) is 17.2. The number of nitrogens with one attached hydrogen (secondary N) is 2. The molecule has 8 nitrogen and oxygen atoms in total. The first-order chi connectivity index (χ1) is 19.1. The van der Waals surface area contributed by atoms with Crippen molar-refractivity contribution in [3.63, 3.8) is 0 Å². The Balaban J connectivity index is 1.34. The number of hydrogen-bond donors (Lipinski definition) is 3. The Morgan fingerprint density at radius 1 is 1.05 bits per heavy atom. The number of alkyl halides is 3. The van der Waals surface area contributed by atoms with Crippen LogP contribution in [0.15, 0.2) is 72.8 Å². The van der Waals surface area contributed by atoms with Crippen LogP contribution in [0.25, 0.3) is 11.3 Å². The number of rotatable bonds is 7. The molecule has 2 amide bonds. The Kier molecular flexibility index (Phi) is 7.40. The fraction of sp³-hybridized carbons (Fsp3) is 0.179. The topological polar surface area (TPSA) is 105 Å². The van der Waals surface area contributed by atoms with E-state index >= 15 is 0 Å². The number of phenolic OH excluding ortho intramolecular Hbond substituents is 1.